The molecule has 0 bridgehead atoms. The quantitative estimate of drug-likeness (QED) is 0.823. The summed E-state index contributed by atoms with van der Waals surface area (Å²) in [5.41, 5.74) is 1.25. The van der Waals surface area contributed by atoms with E-state index in [0.29, 0.717) is 6.10 Å². The molecule has 1 saturated heterocycles. The molecule has 94 valence electrons. The highest BCUT2D eigenvalue weighted by Gasteiger charge is 2.16. The number of pyridine rings is 1. The van der Waals surface area contributed by atoms with E-state index in [1.165, 1.54) is 12.0 Å². The minimum atomic E-state index is -0.202. The van der Waals surface area contributed by atoms with Crippen molar-refractivity contribution in [1.82, 2.24) is 4.98 Å². The molecule has 0 saturated carbocycles. The highest BCUT2D eigenvalue weighted by atomic mass is 16.5. The van der Waals surface area contributed by atoms with E-state index in [1.54, 1.807) is 12.4 Å². The van der Waals surface area contributed by atoms with Crippen LogP contribution in [0.15, 0.2) is 24.5 Å². The molecule has 0 spiro atoms. The van der Waals surface area contributed by atoms with Crippen LogP contribution in [0.1, 0.15) is 37.7 Å². The molecule has 0 aromatic carbocycles. The smallest absolute Gasteiger partial charge is 0.0577 e. The molecule has 1 fully saturated rings. The SMILES string of the molecule is OC(CCc1ccncc1)CCC1CCCO1. The number of aliphatic hydroxyl groups excluding tert-OH is 1. The maximum absolute atomic E-state index is 9.90. The molecular formula is C14H21NO2. The van der Waals surface area contributed by atoms with Gasteiger partial charge in [0.1, 0.15) is 0 Å². The van der Waals surface area contributed by atoms with Gasteiger partial charge in [0.05, 0.1) is 12.2 Å². The maximum atomic E-state index is 9.90. The summed E-state index contributed by atoms with van der Waals surface area (Å²) in [7, 11) is 0. The Morgan fingerprint density at radius 3 is 2.88 bits per heavy atom. The molecule has 2 atom stereocenters. The van der Waals surface area contributed by atoms with Crippen molar-refractivity contribution in [2.24, 2.45) is 0 Å². The van der Waals surface area contributed by atoms with Crippen molar-refractivity contribution in [3.63, 3.8) is 0 Å². The third-order valence-electron chi connectivity index (χ3n) is 3.36. The zero-order valence-electron chi connectivity index (χ0n) is 10.2. The molecule has 2 rings (SSSR count). The van der Waals surface area contributed by atoms with Gasteiger partial charge in [0.25, 0.3) is 0 Å². The molecule has 0 aliphatic carbocycles. The highest BCUT2D eigenvalue weighted by Crippen LogP contribution is 2.18. The monoisotopic (exact) mass is 235 g/mol. The molecule has 1 N–H and O–H groups in total. The Kier molecular flexibility index (Phi) is 4.95. The largest absolute Gasteiger partial charge is 0.393 e. The molecule has 1 aliphatic rings. The van der Waals surface area contributed by atoms with Crippen LogP contribution in [0.5, 0.6) is 0 Å². The van der Waals surface area contributed by atoms with E-state index in [2.05, 4.69) is 4.98 Å². The molecule has 0 radical (unpaired) electrons. The van der Waals surface area contributed by atoms with Crippen LogP contribution in [0.2, 0.25) is 0 Å². The average molecular weight is 235 g/mol. The van der Waals surface area contributed by atoms with Gasteiger partial charge in [0, 0.05) is 19.0 Å². The van der Waals surface area contributed by atoms with Gasteiger partial charge in [-0.2, -0.15) is 0 Å². The molecule has 1 aromatic rings. The van der Waals surface area contributed by atoms with Gasteiger partial charge in [-0.1, -0.05) is 0 Å². The number of rotatable bonds is 6. The van der Waals surface area contributed by atoms with E-state index in [9.17, 15) is 5.11 Å². The summed E-state index contributed by atoms with van der Waals surface area (Å²) in [4.78, 5) is 3.98. The van der Waals surface area contributed by atoms with Crippen LogP contribution in [-0.2, 0) is 11.2 Å². The summed E-state index contributed by atoms with van der Waals surface area (Å²) in [5, 5.41) is 9.90. The van der Waals surface area contributed by atoms with Crippen LogP contribution in [0, 0.1) is 0 Å². The van der Waals surface area contributed by atoms with Gasteiger partial charge in [-0.3, -0.25) is 4.98 Å². The highest BCUT2D eigenvalue weighted by molar-refractivity contribution is 5.09. The second-order valence-electron chi connectivity index (χ2n) is 4.76. The van der Waals surface area contributed by atoms with Crippen molar-refractivity contribution in [3.8, 4) is 0 Å². The van der Waals surface area contributed by atoms with Crippen molar-refractivity contribution in [2.45, 2.75) is 50.7 Å². The zero-order valence-corrected chi connectivity index (χ0v) is 10.2. The van der Waals surface area contributed by atoms with Crippen molar-refractivity contribution >= 4 is 0 Å². The lowest BCUT2D eigenvalue weighted by atomic mass is 10.0. The third-order valence-corrected chi connectivity index (χ3v) is 3.36. The van der Waals surface area contributed by atoms with Crippen LogP contribution < -0.4 is 0 Å². The number of aromatic nitrogens is 1. The van der Waals surface area contributed by atoms with E-state index >= 15 is 0 Å². The fraction of sp³-hybridized carbons (Fsp3) is 0.643. The standard InChI is InChI=1S/C14H21NO2/c16-13(5-6-14-2-1-11-17-14)4-3-12-7-9-15-10-8-12/h7-10,13-14,16H,1-6,11H2. The Labute approximate surface area is 103 Å². The van der Waals surface area contributed by atoms with Gasteiger partial charge in [-0.15, -0.1) is 0 Å². The summed E-state index contributed by atoms with van der Waals surface area (Å²) in [6.45, 7) is 0.901. The Hall–Kier alpha value is -0.930. The topological polar surface area (TPSA) is 42.4 Å². The predicted octanol–water partition coefficient (Wildman–Crippen LogP) is 2.33. The molecular weight excluding hydrogens is 214 g/mol. The Balaban J connectivity index is 1.62. The zero-order chi connectivity index (χ0) is 11.9. The lowest BCUT2D eigenvalue weighted by molar-refractivity contribution is 0.0791. The molecule has 1 aliphatic heterocycles. The number of nitrogens with zero attached hydrogens (tertiary/aromatic N) is 1. The predicted molar refractivity (Wildman–Crippen MR) is 66.8 cm³/mol. The summed E-state index contributed by atoms with van der Waals surface area (Å²) >= 11 is 0. The van der Waals surface area contributed by atoms with E-state index in [0.717, 1.165) is 38.7 Å². The van der Waals surface area contributed by atoms with Crippen LogP contribution in [0.4, 0.5) is 0 Å². The normalized spacial score (nSPS) is 21.6. The number of hydrogen-bond acceptors (Lipinski definition) is 3. The maximum Gasteiger partial charge on any atom is 0.0577 e. The van der Waals surface area contributed by atoms with Gasteiger partial charge >= 0.3 is 0 Å². The summed E-state index contributed by atoms with van der Waals surface area (Å²) in [5.74, 6) is 0. The first kappa shape index (κ1) is 12.5. The average Bonchev–Trinajstić information content (AvgIpc) is 2.88. The minimum absolute atomic E-state index is 0.202. The number of aliphatic hydroxyl groups is 1. The second-order valence-corrected chi connectivity index (χ2v) is 4.76. The van der Waals surface area contributed by atoms with Crippen LogP contribution in [0.25, 0.3) is 0 Å². The van der Waals surface area contributed by atoms with E-state index < -0.39 is 0 Å². The van der Waals surface area contributed by atoms with Gasteiger partial charge in [-0.05, 0) is 56.2 Å². The van der Waals surface area contributed by atoms with Gasteiger partial charge in [0.2, 0.25) is 0 Å². The number of aryl methyl sites for hydroxylation is 1. The Morgan fingerprint density at radius 1 is 1.35 bits per heavy atom. The molecule has 2 unspecified atom stereocenters. The van der Waals surface area contributed by atoms with Crippen molar-refractivity contribution < 1.29 is 9.84 Å². The molecule has 17 heavy (non-hydrogen) atoms. The van der Waals surface area contributed by atoms with Crippen LogP contribution in [0.3, 0.4) is 0 Å². The lowest BCUT2D eigenvalue weighted by Crippen LogP contribution is -2.13. The third kappa shape index (κ3) is 4.44. The van der Waals surface area contributed by atoms with E-state index in [-0.39, 0.29) is 6.10 Å². The van der Waals surface area contributed by atoms with Gasteiger partial charge in [-0.25, -0.2) is 0 Å². The first-order valence-corrected chi connectivity index (χ1v) is 6.53. The fourth-order valence-electron chi connectivity index (χ4n) is 2.28. The lowest BCUT2D eigenvalue weighted by Gasteiger charge is -2.13. The van der Waals surface area contributed by atoms with Crippen molar-refractivity contribution in [1.29, 1.82) is 0 Å². The Bertz CT molecular complexity index is 309. The van der Waals surface area contributed by atoms with E-state index in [1.807, 2.05) is 12.1 Å². The summed E-state index contributed by atoms with van der Waals surface area (Å²) < 4.78 is 5.55. The van der Waals surface area contributed by atoms with Crippen molar-refractivity contribution in [3.05, 3.63) is 30.1 Å². The van der Waals surface area contributed by atoms with E-state index in [4.69, 9.17) is 4.74 Å². The number of hydrogen-bond donors (Lipinski definition) is 1. The first-order valence-electron chi connectivity index (χ1n) is 6.53. The first-order chi connectivity index (χ1) is 8.34. The van der Waals surface area contributed by atoms with Gasteiger partial charge < -0.3 is 9.84 Å². The molecule has 2 heterocycles. The molecule has 3 nitrogen and oxygen atoms in total. The number of ether oxygens (including phenoxy) is 1. The summed E-state index contributed by atoms with van der Waals surface area (Å²) in [6, 6.07) is 4.01. The van der Waals surface area contributed by atoms with Gasteiger partial charge in [0.15, 0.2) is 0 Å². The van der Waals surface area contributed by atoms with Crippen LogP contribution >= 0.6 is 0 Å². The van der Waals surface area contributed by atoms with Crippen molar-refractivity contribution in [2.75, 3.05) is 6.61 Å². The minimum Gasteiger partial charge on any atom is -0.393 e. The summed E-state index contributed by atoms with van der Waals surface area (Å²) in [6.07, 6.45) is 9.74. The molecule has 3 heteroatoms. The van der Waals surface area contributed by atoms with Crippen LogP contribution in [-0.4, -0.2) is 28.9 Å². The second kappa shape index (κ2) is 6.72. The molecule has 0 amide bonds. The Morgan fingerprint density at radius 2 is 2.18 bits per heavy atom. The fourth-order valence-corrected chi connectivity index (χ4v) is 2.28. The molecule has 1 aromatic heterocycles.